The summed E-state index contributed by atoms with van der Waals surface area (Å²) in [5.74, 6) is -1.42. The molecule has 1 fully saturated rings. The Kier molecular flexibility index (Phi) is 5.97. The Morgan fingerprint density at radius 3 is 2.81 bits per heavy atom. The topological polar surface area (TPSA) is 72.6 Å². The highest BCUT2D eigenvalue weighted by atomic mass is 19.1. The number of hydrogen-bond donors (Lipinski definition) is 0. The van der Waals surface area contributed by atoms with Gasteiger partial charge in [0, 0.05) is 24.6 Å². The number of amides is 1. The van der Waals surface area contributed by atoms with E-state index in [-0.39, 0.29) is 37.0 Å². The van der Waals surface area contributed by atoms with Crippen molar-refractivity contribution in [2.75, 3.05) is 13.2 Å². The molecule has 1 aliphatic heterocycles. The fourth-order valence-corrected chi connectivity index (χ4v) is 3.89. The average molecular weight is 428 g/mol. The summed E-state index contributed by atoms with van der Waals surface area (Å²) in [5, 5.41) is 0. The second-order valence-electron chi connectivity index (χ2n) is 7.41. The van der Waals surface area contributed by atoms with Crippen molar-refractivity contribution in [3.63, 3.8) is 0 Å². The lowest BCUT2D eigenvalue weighted by atomic mass is 10.0. The van der Waals surface area contributed by atoms with Gasteiger partial charge in [-0.3, -0.25) is 9.59 Å². The first-order valence-electron chi connectivity index (χ1n) is 10.3. The summed E-state index contributed by atoms with van der Waals surface area (Å²) in [6, 6.07) is 8.17. The van der Waals surface area contributed by atoms with Gasteiger partial charge >= 0.3 is 5.97 Å². The summed E-state index contributed by atoms with van der Waals surface area (Å²) >= 11 is 0. The molecule has 0 saturated carbocycles. The van der Waals surface area contributed by atoms with Crippen LogP contribution in [0.2, 0.25) is 0 Å². The molecule has 0 spiro atoms. The number of ether oxygens (including phenoxy) is 1. The third-order valence-electron chi connectivity index (χ3n) is 5.35. The van der Waals surface area contributed by atoms with Crippen molar-refractivity contribution >= 4 is 23.0 Å². The molecule has 1 aliphatic rings. The second-order valence-corrected chi connectivity index (χ2v) is 7.41. The van der Waals surface area contributed by atoms with E-state index in [0.29, 0.717) is 35.5 Å². The molecule has 8 heteroatoms. The van der Waals surface area contributed by atoms with E-state index < -0.39 is 17.6 Å². The molecule has 31 heavy (non-hydrogen) atoms. The molecule has 0 radical (unpaired) electrons. The molecule has 4 rings (SSSR count). The van der Waals surface area contributed by atoms with Crippen LogP contribution in [0.5, 0.6) is 0 Å². The van der Waals surface area contributed by atoms with Gasteiger partial charge in [0.15, 0.2) is 5.58 Å². The molecule has 1 saturated heterocycles. The molecule has 1 atom stereocenters. The van der Waals surface area contributed by atoms with Crippen LogP contribution in [0.1, 0.15) is 44.5 Å². The molecule has 162 valence electrons. The zero-order chi connectivity index (χ0) is 22.0. The number of fused-ring (bicyclic) bond motifs is 1. The molecule has 0 aliphatic carbocycles. The molecule has 1 aromatic heterocycles. The Morgan fingerprint density at radius 1 is 1.19 bits per heavy atom. The first kappa shape index (κ1) is 21.0. The smallest absolute Gasteiger partial charge is 0.306 e. The predicted molar refractivity (Wildman–Crippen MR) is 109 cm³/mol. The minimum atomic E-state index is -0.655. The van der Waals surface area contributed by atoms with E-state index in [4.69, 9.17) is 9.15 Å². The van der Waals surface area contributed by atoms with Crippen molar-refractivity contribution < 1.29 is 27.5 Å². The summed E-state index contributed by atoms with van der Waals surface area (Å²) in [5.41, 5.74) is 1.87. The molecule has 3 aromatic rings. The predicted octanol–water partition coefficient (Wildman–Crippen LogP) is 4.78. The zero-order valence-corrected chi connectivity index (χ0v) is 17.1. The fourth-order valence-electron chi connectivity index (χ4n) is 3.89. The van der Waals surface area contributed by atoms with Crippen molar-refractivity contribution in [1.82, 2.24) is 9.88 Å². The summed E-state index contributed by atoms with van der Waals surface area (Å²) in [6.45, 7) is 2.57. The third kappa shape index (κ3) is 4.42. The highest BCUT2D eigenvalue weighted by Crippen LogP contribution is 2.35. The van der Waals surface area contributed by atoms with Crippen molar-refractivity contribution in [1.29, 1.82) is 0 Å². The molecular formula is C23H22F2N2O4. The number of halogens is 2. The first-order chi connectivity index (χ1) is 15.0. The van der Waals surface area contributed by atoms with Crippen molar-refractivity contribution in [3.05, 3.63) is 53.9 Å². The third-order valence-corrected chi connectivity index (χ3v) is 5.35. The van der Waals surface area contributed by atoms with Gasteiger partial charge in [-0.2, -0.15) is 0 Å². The van der Waals surface area contributed by atoms with Gasteiger partial charge in [-0.15, -0.1) is 0 Å². The highest BCUT2D eigenvalue weighted by Gasteiger charge is 2.33. The van der Waals surface area contributed by atoms with Gasteiger partial charge < -0.3 is 14.1 Å². The van der Waals surface area contributed by atoms with Gasteiger partial charge in [0.25, 0.3) is 0 Å². The van der Waals surface area contributed by atoms with E-state index in [2.05, 4.69) is 4.98 Å². The molecular weight excluding hydrogens is 406 g/mol. The highest BCUT2D eigenvalue weighted by molar-refractivity contribution is 5.83. The molecule has 0 bridgehead atoms. The van der Waals surface area contributed by atoms with Crippen LogP contribution in [-0.4, -0.2) is 34.9 Å². The maximum Gasteiger partial charge on any atom is 0.306 e. The van der Waals surface area contributed by atoms with Gasteiger partial charge in [-0.05, 0) is 49.6 Å². The van der Waals surface area contributed by atoms with E-state index in [0.717, 1.165) is 12.5 Å². The van der Waals surface area contributed by atoms with Crippen LogP contribution in [0.15, 0.2) is 40.8 Å². The fraction of sp³-hybridized carbons (Fsp3) is 0.348. The van der Waals surface area contributed by atoms with E-state index in [1.165, 1.54) is 12.1 Å². The Labute approximate surface area is 177 Å². The monoisotopic (exact) mass is 428 g/mol. The maximum atomic E-state index is 14.1. The minimum absolute atomic E-state index is 0.0377. The van der Waals surface area contributed by atoms with E-state index in [9.17, 15) is 18.4 Å². The molecule has 6 nitrogen and oxygen atoms in total. The number of nitrogens with zero attached hydrogens (tertiary/aromatic N) is 2. The molecule has 0 N–H and O–H groups in total. The number of aromatic nitrogens is 1. The number of carbonyl (C=O) groups is 2. The lowest BCUT2D eigenvalue weighted by Gasteiger charge is -2.22. The first-order valence-corrected chi connectivity index (χ1v) is 10.3. The number of carbonyl (C=O) groups excluding carboxylic acids is 2. The summed E-state index contributed by atoms with van der Waals surface area (Å²) < 4.78 is 38.1. The number of esters is 1. The van der Waals surface area contributed by atoms with E-state index in [1.54, 1.807) is 30.0 Å². The van der Waals surface area contributed by atoms with Crippen molar-refractivity contribution in [3.8, 4) is 11.1 Å². The lowest BCUT2D eigenvalue weighted by molar-refractivity contribution is -0.146. The number of likely N-dealkylation sites (tertiary alicyclic amines) is 1. The molecule has 2 heterocycles. The largest absolute Gasteiger partial charge is 0.466 e. The zero-order valence-electron chi connectivity index (χ0n) is 17.1. The number of oxazole rings is 1. The van der Waals surface area contributed by atoms with Gasteiger partial charge in [0.05, 0.1) is 13.0 Å². The second kappa shape index (κ2) is 8.83. The van der Waals surface area contributed by atoms with Crippen LogP contribution in [0.25, 0.3) is 22.2 Å². The Balaban J connectivity index is 1.55. The van der Waals surface area contributed by atoms with Crippen LogP contribution in [0.3, 0.4) is 0 Å². The van der Waals surface area contributed by atoms with Gasteiger partial charge in [-0.1, -0.05) is 6.07 Å². The van der Waals surface area contributed by atoms with Gasteiger partial charge in [-0.25, -0.2) is 13.8 Å². The van der Waals surface area contributed by atoms with Crippen molar-refractivity contribution in [2.45, 2.75) is 38.6 Å². The molecule has 1 amide bonds. The quantitative estimate of drug-likeness (QED) is 0.529. The standard InChI is InChI=1S/C23H22F2N2O4/c1-2-30-22(29)10-9-21(28)27-11-3-4-19(27)23-26-18-12-14(5-8-20(18)31-23)16-7-6-15(24)13-17(16)25/h5-8,12-13,19H,2-4,9-11H2,1H3/t19-/m0/s1. The van der Waals surface area contributed by atoms with Crippen molar-refractivity contribution in [2.24, 2.45) is 0 Å². The Morgan fingerprint density at radius 2 is 2.03 bits per heavy atom. The number of hydrogen-bond acceptors (Lipinski definition) is 5. The SMILES string of the molecule is CCOC(=O)CCC(=O)N1CCC[C@H]1c1nc2cc(-c3ccc(F)cc3F)ccc2o1. The Bertz CT molecular complexity index is 1130. The minimum Gasteiger partial charge on any atom is -0.466 e. The van der Waals surface area contributed by atoms with Gasteiger partial charge in [0.2, 0.25) is 11.8 Å². The maximum absolute atomic E-state index is 14.1. The van der Waals surface area contributed by atoms with E-state index >= 15 is 0 Å². The summed E-state index contributed by atoms with van der Waals surface area (Å²) in [7, 11) is 0. The summed E-state index contributed by atoms with van der Waals surface area (Å²) in [6.07, 6.45) is 1.62. The Hall–Kier alpha value is -3.29. The number of rotatable bonds is 6. The average Bonchev–Trinajstić information content (AvgIpc) is 3.38. The number of benzene rings is 2. The van der Waals surface area contributed by atoms with Crippen LogP contribution in [0, 0.1) is 11.6 Å². The normalized spacial score (nSPS) is 16.1. The van der Waals surface area contributed by atoms with Gasteiger partial charge in [0.1, 0.15) is 23.2 Å². The molecule has 0 unspecified atom stereocenters. The van der Waals surface area contributed by atoms with Crippen LogP contribution in [-0.2, 0) is 14.3 Å². The van der Waals surface area contributed by atoms with Crippen LogP contribution < -0.4 is 0 Å². The van der Waals surface area contributed by atoms with E-state index in [1.807, 2.05) is 0 Å². The lowest BCUT2D eigenvalue weighted by Crippen LogP contribution is -2.31. The van der Waals surface area contributed by atoms with Crippen LogP contribution in [0.4, 0.5) is 8.78 Å². The molecule has 2 aromatic carbocycles. The summed E-state index contributed by atoms with van der Waals surface area (Å²) in [4.78, 5) is 30.4. The van der Waals surface area contributed by atoms with Crippen LogP contribution >= 0.6 is 0 Å².